The Morgan fingerprint density at radius 3 is 2.45 bits per heavy atom. The molecule has 0 saturated carbocycles. The maximum Gasteiger partial charge on any atom is 0.416 e. The minimum Gasteiger partial charge on any atom is -0.376 e. The molecule has 0 radical (unpaired) electrons. The highest BCUT2D eigenvalue weighted by Crippen LogP contribution is 2.30. The molecule has 6 nitrogen and oxygen atoms in total. The molecular formula is C22H20F3N5O. The zero-order valence-corrected chi connectivity index (χ0v) is 16.7. The van der Waals surface area contributed by atoms with Crippen LogP contribution in [-0.2, 0) is 23.9 Å². The van der Waals surface area contributed by atoms with Crippen LogP contribution in [0, 0.1) is 6.92 Å². The first kappa shape index (κ1) is 20.8. The van der Waals surface area contributed by atoms with Crippen molar-refractivity contribution in [3.63, 3.8) is 0 Å². The van der Waals surface area contributed by atoms with Gasteiger partial charge in [-0.25, -0.2) is 4.98 Å². The van der Waals surface area contributed by atoms with Gasteiger partial charge in [-0.3, -0.25) is 0 Å². The van der Waals surface area contributed by atoms with Gasteiger partial charge in [-0.1, -0.05) is 30.3 Å². The zero-order chi connectivity index (χ0) is 21.8. The Morgan fingerprint density at radius 2 is 1.74 bits per heavy atom. The number of anilines is 2. The quantitative estimate of drug-likeness (QED) is 0.423. The van der Waals surface area contributed by atoms with E-state index in [4.69, 9.17) is 4.74 Å². The molecule has 0 unspecified atom stereocenters. The first-order valence-corrected chi connectivity index (χ1v) is 9.68. The molecule has 2 aromatic heterocycles. The second-order valence-electron chi connectivity index (χ2n) is 7.01. The molecule has 0 aliphatic rings. The third-order valence-electron chi connectivity index (χ3n) is 4.55. The van der Waals surface area contributed by atoms with Crippen LogP contribution in [0.25, 0.3) is 5.78 Å². The molecule has 9 heteroatoms. The molecule has 160 valence electrons. The summed E-state index contributed by atoms with van der Waals surface area (Å²) >= 11 is 0. The molecule has 0 atom stereocenters. The second-order valence-corrected chi connectivity index (χ2v) is 7.01. The number of nitrogens with one attached hydrogen (secondary N) is 1. The molecular weight excluding hydrogens is 407 g/mol. The van der Waals surface area contributed by atoms with E-state index in [0.717, 1.165) is 17.7 Å². The first-order valence-electron chi connectivity index (χ1n) is 9.68. The molecule has 0 bridgehead atoms. The van der Waals surface area contributed by atoms with E-state index in [1.807, 2.05) is 37.3 Å². The van der Waals surface area contributed by atoms with Crippen LogP contribution >= 0.6 is 0 Å². The molecule has 0 aliphatic heterocycles. The van der Waals surface area contributed by atoms with E-state index in [1.54, 1.807) is 6.07 Å². The van der Waals surface area contributed by atoms with Crippen molar-refractivity contribution in [3.05, 3.63) is 83.3 Å². The normalized spacial score (nSPS) is 11.7. The molecule has 0 fully saturated rings. The Bertz CT molecular complexity index is 1160. The number of aryl methyl sites for hydroxylation is 1. The topological polar surface area (TPSA) is 64.3 Å². The van der Waals surface area contributed by atoms with E-state index < -0.39 is 11.7 Å². The zero-order valence-electron chi connectivity index (χ0n) is 16.7. The second kappa shape index (κ2) is 8.73. The van der Waals surface area contributed by atoms with E-state index in [-0.39, 0.29) is 0 Å². The number of nitrogens with zero attached hydrogens (tertiary/aromatic N) is 4. The summed E-state index contributed by atoms with van der Waals surface area (Å²) in [6.45, 7) is 2.77. The predicted octanol–water partition coefficient (Wildman–Crippen LogP) is 4.95. The van der Waals surface area contributed by atoms with Crippen molar-refractivity contribution in [1.82, 2.24) is 19.6 Å². The van der Waals surface area contributed by atoms with Gasteiger partial charge in [0.25, 0.3) is 5.78 Å². The van der Waals surface area contributed by atoms with Crippen LogP contribution in [0.3, 0.4) is 0 Å². The highest BCUT2D eigenvalue weighted by Gasteiger charge is 2.29. The number of alkyl halides is 3. The van der Waals surface area contributed by atoms with Crippen molar-refractivity contribution in [1.29, 1.82) is 0 Å². The summed E-state index contributed by atoms with van der Waals surface area (Å²) in [4.78, 5) is 8.82. The van der Waals surface area contributed by atoms with Gasteiger partial charge in [-0.15, -0.1) is 5.10 Å². The fourth-order valence-electron chi connectivity index (χ4n) is 3.04. The van der Waals surface area contributed by atoms with Crippen LogP contribution in [0.2, 0.25) is 0 Å². The standard InChI is InChI=1S/C22H20F3N5O/c1-15-13-20(27-18-9-7-17(8-10-18)22(23,24)25)30-21(26-15)28-19(29-30)11-12-31-14-16-5-3-2-4-6-16/h2-10,13,27H,11-12,14H2,1H3. The van der Waals surface area contributed by atoms with E-state index in [0.29, 0.717) is 48.4 Å². The van der Waals surface area contributed by atoms with E-state index in [9.17, 15) is 13.2 Å². The van der Waals surface area contributed by atoms with Gasteiger partial charge in [0.2, 0.25) is 0 Å². The maximum atomic E-state index is 12.8. The van der Waals surface area contributed by atoms with Crippen molar-refractivity contribution >= 4 is 17.3 Å². The number of benzene rings is 2. The molecule has 2 heterocycles. The smallest absolute Gasteiger partial charge is 0.376 e. The fourth-order valence-corrected chi connectivity index (χ4v) is 3.04. The van der Waals surface area contributed by atoms with Gasteiger partial charge in [0.05, 0.1) is 18.8 Å². The summed E-state index contributed by atoms with van der Waals surface area (Å²) < 4.78 is 45.5. The van der Waals surface area contributed by atoms with Gasteiger partial charge in [0, 0.05) is 23.9 Å². The Morgan fingerprint density at radius 1 is 1.00 bits per heavy atom. The van der Waals surface area contributed by atoms with Gasteiger partial charge in [-0.2, -0.15) is 22.7 Å². The van der Waals surface area contributed by atoms with Crippen molar-refractivity contribution in [2.75, 3.05) is 11.9 Å². The number of rotatable bonds is 7. The lowest BCUT2D eigenvalue weighted by Gasteiger charge is -2.10. The van der Waals surface area contributed by atoms with Gasteiger partial charge in [-0.05, 0) is 36.8 Å². The van der Waals surface area contributed by atoms with Crippen molar-refractivity contribution in [2.24, 2.45) is 0 Å². The summed E-state index contributed by atoms with van der Waals surface area (Å²) in [6.07, 6.45) is -3.86. The molecule has 31 heavy (non-hydrogen) atoms. The summed E-state index contributed by atoms with van der Waals surface area (Å²) in [6, 6.07) is 16.4. The SMILES string of the molecule is Cc1cc(Nc2ccc(C(F)(F)F)cc2)n2nc(CCOCc3ccccc3)nc2n1. The van der Waals surface area contributed by atoms with E-state index >= 15 is 0 Å². The van der Waals surface area contributed by atoms with Crippen LogP contribution < -0.4 is 5.32 Å². The number of hydrogen-bond donors (Lipinski definition) is 1. The number of fused-ring (bicyclic) bond motifs is 1. The van der Waals surface area contributed by atoms with Crippen LogP contribution in [0.4, 0.5) is 24.7 Å². The summed E-state index contributed by atoms with van der Waals surface area (Å²) in [5, 5.41) is 7.56. The number of halogens is 3. The van der Waals surface area contributed by atoms with Crippen LogP contribution in [0.15, 0.2) is 60.7 Å². The molecule has 4 rings (SSSR count). The Hall–Kier alpha value is -3.46. The van der Waals surface area contributed by atoms with E-state index in [1.165, 1.54) is 16.6 Å². The lowest BCUT2D eigenvalue weighted by molar-refractivity contribution is -0.137. The Labute approximate surface area is 176 Å². The Kier molecular flexibility index (Phi) is 5.85. The average Bonchev–Trinajstić information content (AvgIpc) is 3.15. The van der Waals surface area contributed by atoms with Crippen LogP contribution in [0.5, 0.6) is 0 Å². The van der Waals surface area contributed by atoms with E-state index in [2.05, 4.69) is 20.4 Å². The van der Waals surface area contributed by atoms with Gasteiger partial charge in [0.1, 0.15) is 5.82 Å². The third-order valence-corrected chi connectivity index (χ3v) is 4.55. The number of hydrogen-bond acceptors (Lipinski definition) is 5. The summed E-state index contributed by atoms with van der Waals surface area (Å²) in [7, 11) is 0. The summed E-state index contributed by atoms with van der Waals surface area (Å²) in [5.41, 5.74) is 1.60. The van der Waals surface area contributed by atoms with Gasteiger partial charge < -0.3 is 10.1 Å². The minimum atomic E-state index is -4.37. The van der Waals surface area contributed by atoms with Crippen LogP contribution in [0.1, 0.15) is 22.6 Å². The maximum absolute atomic E-state index is 12.8. The Balaban J connectivity index is 1.46. The molecule has 4 aromatic rings. The average molecular weight is 427 g/mol. The fraction of sp³-hybridized carbons (Fsp3) is 0.227. The van der Waals surface area contributed by atoms with Crippen molar-refractivity contribution < 1.29 is 17.9 Å². The summed E-state index contributed by atoms with van der Waals surface area (Å²) in [5.74, 6) is 1.54. The number of ether oxygens (including phenoxy) is 1. The molecule has 0 amide bonds. The highest BCUT2D eigenvalue weighted by molar-refractivity contribution is 5.59. The largest absolute Gasteiger partial charge is 0.416 e. The highest BCUT2D eigenvalue weighted by atomic mass is 19.4. The third kappa shape index (κ3) is 5.18. The van der Waals surface area contributed by atoms with Crippen molar-refractivity contribution in [3.8, 4) is 0 Å². The molecule has 0 aliphatic carbocycles. The molecule has 0 saturated heterocycles. The van der Waals surface area contributed by atoms with Gasteiger partial charge in [0.15, 0.2) is 5.82 Å². The minimum absolute atomic E-state index is 0.410. The van der Waals surface area contributed by atoms with Gasteiger partial charge >= 0.3 is 6.18 Å². The monoisotopic (exact) mass is 427 g/mol. The lowest BCUT2D eigenvalue weighted by Crippen LogP contribution is -2.06. The van der Waals surface area contributed by atoms with Crippen molar-refractivity contribution in [2.45, 2.75) is 26.1 Å². The van der Waals surface area contributed by atoms with Crippen LogP contribution in [-0.4, -0.2) is 26.2 Å². The predicted molar refractivity (Wildman–Crippen MR) is 110 cm³/mol. The molecule has 2 aromatic carbocycles. The lowest BCUT2D eigenvalue weighted by atomic mass is 10.2. The number of aromatic nitrogens is 4. The first-order chi connectivity index (χ1) is 14.9. The molecule has 1 N–H and O–H groups in total. The molecule has 0 spiro atoms.